The van der Waals surface area contributed by atoms with E-state index in [0.717, 1.165) is 0 Å². The van der Waals surface area contributed by atoms with Crippen molar-refractivity contribution in [2.45, 2.75) is 6.04 Å². The summed E-state index contributed by atoms with van der Waals surface area (Å²) in [6.45, 7) is -0.319. The summed E-state index contributed by atoms with van der Waals surface area (Å²) in [4.78, 5) is 0. The molecule has 4 nitrogen and oxygen atoms in total. The van der Waals surface area contributed by atoms with Gasteiger partial charge in [0.15, 0.2) is 11.5 Å². The summed E-state index contributed by atoms with van der Waals surface area (Å²) >= 11 is 0. The number of aliphatic hydroxyl groups excluding tert-OH is 1. The smallest absolute Gasteiger partial charge is 0.206 e. The van der Waals surface area contributed by atoms with E-state index in [1.165, 1.54) is 19.2 Å². The summed E-state index contributed by atoms with van der Waals surface area (Å²) in [6.07, 6.45) is 0. The van der Waals surface area contributed by atoms with E-state index < -0.39 is 17.6 Å². The summed E-state index contributed by atoms with van der Waals surface area (Å²) in [5, 5.41) is 17.9. The second-order valence-electron chi connectivity index (χ2n) is 2.81. The lowest BCUT2D eigenvalue weighted by Crippen LogP contribution is -2.16. The molecule has 0 aromatic heterocycles. The minimum Gasteiger partial charge on any atom is -0.505 e. The number of phenols is 1. The van der Waals surface area contributed by atoms with Crippen molar-refractivity contribution in [3.05, 3.63) is 23.5 Å². The molecule has 1 aromatic carbocycles. The van der Waals surface area contributed by atoms with Crippen molar-refractivity contribution < 1.29 is 19.3 Å². The minimum atomic E-state index is -0.867. The number of hydrogen-bond donors (Lipinski definition) is 3. The van der Waals surface area contributed by atoms with E-state index in [9.17, 15) is 4.39 Å². The summed E-state index contributed by atoms with van der Waals surface area (Å²) in [7, 11) is 1.27. The molecule has 0 spiro atoms. The van der Waals surface area contributed by atoms with E-state index >= 15 is 0 Å². The minimum absolute atomic E-state index is 0.133. The van der Waals surface area contributed by atoms with Crippen LogP contribution in [0, 0.1) is 5.82 Å². The van der Waals surface area contributed by atoms with Gasteiger partial charge in [-0.25, -0.2) is 0 Å². The van der Waals surface area contributed by atoms with Gasteiger partial charge < -0.3 is 20.7 Å². The second kappa shape index (κ2) is 4.26. The standard InChI is InChI=1S/C9H12FNO3/c1-14-9-5(6(11)4-12)2-3-7(13)8(9)10/h2-3,6,12-13H,4,11H2,1H3. The van der Waals surface area contributed by atoms with Crippen LogP contribution < -0.4 is 10.5 Å². The van der Waals surface area contributed by atoms with Crippen LogP contribution in [0.3, 0.4) is 0 Å². The predicted octanol–water partition coefficient (Wildman–Crippen LogP) is 0.532. The molecule has 0 saturated heterocycles. The SMILES string of the molecule is COc1c(C(N)CO)ccc(O)c1F. The Kier molecular flexibility index (Phi) is 3.27. The van der Waals surface area contributed by atoms with Crippen LogP contribution in [0.25, 0.3) is 0 Å². The van der Waals surface area contributed by atoms with E-state index in [1.54, 1.807) is 0 Å². The molecule has 0 aliphatic carbocycles. The van der Waals surface area contributed by atoms with Crippen molar-refractivity contribution >= 4 is 0 Å². The molecule has 0 radical (unpaired) electrons. The molecule has 1 unspecified atom stereocenters. The van der Waals surface area contributed by atoms with E-state index in [4.69, 9.17) is 20.7 Å². The number of halogens is 1. The van der Waals surface area contributed by atoms with Gasteiger partial charge in [-0.3, -0.25) is 0 Å². The van der Waals surface area contributed by atoms with Crippen LogP contribution in [0.4, 0.5) is 4.39 Å². The van der Waals surface area contributed by atoms with Crippen LogP contribution in [0.15, 0.2) is 12.1 Å². The molecular weight excluding hydrogens is 189 g/mol. The van der Waals surface area contributed by atoms with Gasteiger partial charge in [-0.2, -0.15) is 4.39 Å². The number of benzene rings is 1. The maximum Gasteiger partial charge on any atom is 0.206 e. The first-order valence-electron chi connectivity index (χ1n) is 4.03. The zero-order valence-electron chi connectivity index (χ0n) is 7.70. The maximum atomic E-state index is 13.2. The van der Waals surface area contributed by atoms with E-state index in [-0.39, 0.29) is 12.4 Å². The van der Waals surface area contributed by atoms with Crippen molar-refractivity contribution in [1.29, 1.82) is 0 Å². The molecule has 0 amide bonds. The summed E-state index contributed by atoms with van der Waals surface area (Å²) in [6, 6.07) is 1.86. The number of hydrogen-bond acceptors (Lipinski definition) is 4. The Morgan fingerprint density at radius 3 is 2.71 bits per heavy atom. The Balaban J connectivity index is 3.23. The molecular formula is C9H12FNO3. The van der Waals surface area contributed by atoms with Crippen molar-refractivity contribution in [3.63, 3.8) is 0 Å². The van der Waals surface area contributed by atoms with Crippen molar-refractivity contribution in [1.82, 2.24) is 0 Å². The Labute approximate surface area is 80.7 Å². The lowest BCUT2D eigenvalue weighted by molar-refractivity contribution is 0.262. The third-order valence-corrected chi connectivity index (χ3v) is 1.91. The fourth-order valence-electron chi connectivity index (χ4n) is 1.16. The van der Waals surface area contributed by atoms with Crippen LogP contribution in [0.5, 0.6) is 11.5 Å². The zero-order chi connectivity index (χ0) is 10.7. The number of methoxy groups -OCH3 is 1. The largest absolute Gasteiger partial charge is 0.505 e. The lowest BCUT2D eigenvalue weighted by Gasteiger charge is -2.14. The molecule has 0 heterocycles. The highest BCUT2D eigenvalue weighted by Gasteiger charge is 2.17. The van der Waals surface area contributed by atoms with Crippen LogP contribution in [0.2, 0.25) is 0 Å². The molecule has 0 saturated carbocycles. The highest BCUT2D eigenvalue weighted by Crippen LogP contribution is 2.32. The molecule has 1 atom stereocenters. The fourth-order valence-corrected chi connectivity index (χ4v) is 1.16. The topological polar surface area (TPSA) is 75.7 Å². The normalized spacial score (nSPS) is 12.6. The molecule has 0 fully saturated rings. The van der Waals surface area contributed by atoms with Gasteiger partial charge in [-0.15, -0.1) is 0 Å². The second-order valence-corrected chi connectivity index (χ2v) is 2.81. The molecule has 0 aliphatic rings. The first-order chi connectivity index (χ1) is 6.61. The Hall–Kier alpha value is -1.33. The summed E-state index contributed by atoms with van der Waals surface area (Å²) in [5.41, 5.74) is 5.84. The third-order valence-electron chi connectivity index (χ3n) is 1.91. The first-order valence-corrected chi connectivity index (χ1v) is 4.03. The maximum absolute atomic E-state index is 13.2. The lowest BCUT2D eigenvalue weighted by atomic mass is 10.1. The quantitative estimate of drug-likeness (QED) is 0.666. The summed E-state index contributed by atoms with van der Waals surface area (Å²) < 4.78 is 18.0. The Bertz CT molecular complexity index is 330. The molecule has 14 heavy (non-hydrogen) atoms. The highest BCUT2D eigenvalue weighted by molar-refractivity contribution is 5.43. The van der Waals surface area contributed by atoms with Gasteiger partial charge in [-0.1, -0.05) is 0 Å². The van der Waals surface area contributed by atoms with Gasteiger partial charge in [0.05, 0.1) is 19.8 Å². The number of ether oxygens (including phenoxy) is 1. The zero-order valence-corrected chi connectivity index (χ0v) is 7.70. The van der Waals surface area contributed by atoms with Gasteiger partial charge in [0.25, 0.3) is 0 Å². The number of aromatic hydroxyl groups is 1. The molecule has 0 aliphatic heterocycles. The molecule has 4 N–H and O–H groups in total. The Morgan fingerprint density at radius 1 is 1.57 bits per heavy atom. The number of nitrogens with two attached hydrogens (primary N) is 1. The molecule has 1 rings (SSSR count). The van der Waals surface area contributed by atoms with E-state index in [0.29, 0.717) is 5.56 Å². The average Bonchev–Trinajstić information content (AvgIpc) is 2.20. The average molecular weight is 201 g/mol. The monoisotopic (exact) mass is 201 g/mol. The third kappa shape index (κ3) is 1.78. The van der Waals surface area contributed by atoms with Gasteiger partial charge in [0, 0.05) is 5.56 Å². The van der Waals surface area contributed by atoms with Crippen LogP contribution in [0.1, 0.15) is 11.6 Å². The van der Waals surface area contributed by atoms with E-state index in [1.807, 2.05) is 0 Å². The van der Waals surface area contributed by atoms with E-state index in [2.05, 4.69) is 0 Å². The summed E-state index contributed by atoms with van der Waals surface area (Å²) in [5.74, 6) is -1.50. The van der Waals surface area contributed by atoms with Crippen LogP contribution in [-0.4, -0.2) is 23.9 Å². The number of aliphatic hydroxyl groups is 1. The van der Waals surface area contributed by atoms with Gasteiger partial charge in [0.2, 0.25) is 5.82 Å². The number of rotatable bonds is 3. The van der Waals surface area contributed by atoms with Gasteiger partial charge in [0.1, 0.15) is 0 Å². The fraction of sp³-hybridized carbons (Fsp3) is 0.333. The highest BCUT2D eigenvalue weighted by atomic mass is 19.1. The predicted molar refractivity (Wildman–Crippen MR) is 48.6 cm³/mol. The van der Waals surface area contributed by atoms with Crippen molar-refractivity contribution in [3.8, 4) is 11.5 Å². The van der Waals surface area contributed by atoms with Crippen LogP contribution in [-0.2, 0) is 0 Å². The Morgan fingerprint density at radius 2 is 2.21 bits per heavy atom. The van der Waals surface area contributed by atoms with Crippen molar-refractivity contribution in [2.24, 2.45) is 5.73 Å². The molecule has 1 aromatic rings. The van der Waals surface area contributed by atoms with Gasteiger partial charge in [-0.05, 0) is 12.1 Å². The van der Waals surface area contributed by atoms with Crippen molar-refractivity contribution in [2.75, 3.05) is 13.7 Å². The van der Waals surface area contributed by atoms with Crippen LogP contribution >= 0.6 is 0 Å². The molecule has 5 heteroatoms. The first kappa shape index (κ1) is 10.7. The number of phenolic OH excluding ortho intramolecular Hbond substituents is 1. The van der Waals surface area contributed by atoms with Gasteiger partial charge >= 0.3 is 0 Å². The molecule has 78 valence electrons. The molecule has 0 bridgehead atoms.